The van der Waals surface area contributed by atoms with Gasteiger partial charge in [-0.05, 0) is 38.8 Å². The lowest BCUT2D eigenvalue weighted by Gasteiger charge is -2.04. The molecule has 0 aromatic heterocycles. The zero-order chi connectivity index (χ0) is 13.0. The first-order valence-corrected chi connectivity index (χ1v) is 8.55. The summed E-state index contributed by atoms with van der Waals surface area (Å²) in [7, 11) is -2.82. The second-order valence-corrected chi connectivity index (χ2v) is 6.86. The van der Waals surface area contributed by atoms with Crippen molar-refractivity contribution in [1.82, 2.24) is 0 Å². The SMILES string of the molecule is NCCCCCCS(=O)(=O)CCCCCCN. The van der Waals surface area contributed by atoms with Crippen LogP contribution in [-0.2, 0) is 9.84 Å². The van der Waals surface area contributed by atoms with Crippen LogP contribution in [0.1, 0.15) is 51.4 Å². The summed E-state index contributed by atoms with van der Waals surface area (Å²) in [5.41, 5.74) is 10.8. The van der Waals surface area contributed by atoms with Crippen LogP contribution in [-0.4, -0.2) is 33.0 Å². The molecule has 0 saturated carbocycles. The molecule has 0 fully saturated rings. The van der Waals surface area contributed by atoms with Gasteiger partial charge < -0.3 is 11.5 Å². The molecule has 0 aliphatic carbocycles. The van der Waals surface area contributed by atoms with Crippen molar-refractivity contribution in [3.8, 4) is 0 Å². The van der Waals surface area contributed by atoms with Gasteiger partial charge in [0.05, 0.1) is 11.5 Å². The van der Waals surface area contributed by atoms with Gasteiger partial charge in [0.15, 0.2) is 0 Å². The van der Waals surface area contributed by atoms with E-state index in [0.717, 1.165) is 51.4 Å². The van der Waals surface area contributed by atoms with Crippen LogP contribution in [0.2, 0.25) is 0 Å². The van der Waals surface area contributed by atoms with E-state index in [1.165, 1.54) is 0 Å². The molecule has 0 aromatic carbocycles. The number of sulfone groups is 1. The molecule has 4 N–H and O–H groups in total. The molecule has 0 radical (unpaired) electrons. The normalized spacial score (nSPS) is 11.9. The van der Waals surface area contributed by atoms with Crippen molar-refractivity contribution in [2.24, 2.45) is 11.5 Å². The van der Waals surface area contributed by atoms with E-state index in [1.54, 1.807) is 0 Å². The van der Waals surface area contributed by atoms with Crippen molar-refractivity contribution in [3.63, 3.8) is 0 Å². The summed E-state index contributed by atoms with van der Waals surface area (Å²) in [4.78, 5) is 0. The van der Waals surface area contributed by atoms with Crippen LogP contribution >= 0.6 is 0 Å². The lowest BCUT2D eigenvalue weighted by molar-refractivity contribution is 0.581. The minimum Gasteiger partial charge on any atom is -0.330 e. The van der Waals surface area contributed by atoms with Gasteiger partial charge in [0.25, 0.3) is 0 Å². The Balaban J connectivity index is 3.46. The Morgan fingerprint density at radius 2 is 0.941 bits per heavy atom. The Kier molecular flexibility index (Phi) is 10.9. The van der Waals surface area contributed by atoms with E-state index in [-0.39, 0.29) is 0 Å². The van der Waals surface area contributed by atoms with E-state index in [4.69, 9.17) is 11.5 Å². The first-order chi connectivity index (χ1) is 8.12. The number of unbranched alkanes of at least 4 members (excludes halogenated alkanes) is 6. The van der Waals surface area contributed by atoms with E-state index < -0.39 is 9.84 Å². The monoisotopic (exact) mass is 264 g/mol. The standard InChI is InChI=1S/C12H28N2O2S/c13-9-5-1-3-7-11-17(15,16)12-8-4-2-6-10-14/h1-14H2. The second kappa shape index (κ2) is 11.0. The average Bonchev–Trinajstić information content (AvgIpc) is 2.28. The van der Waals surface area contributed by atoms with Crippen LogP contribution in [0.4, 0.5) is 0 Å². The minimum atomic E-state index is -2.82. The number of hydrogen-bond acceptors (Lipinski definition) is 4. The molecule has 0 aliphatic heterocycles. The molecule has 0 amide bonds. The van der Waals surface area contributed by atoms with Gasteiger partial charge >= 0.3 is 0 Å². The van der Waals surface area contributed by atoms with Crippen LogP contribution in [0.25, 0.3) is 0 Å². The molecule has 0 rings (SSSR count). The summed E-state index contributed by atoms with van der Waals surface area (Å²) in [5.74, 6) is 0.683. The third-order valence-electron chi connectivity index (χ3n) is 2.82. The summed E-state index contributed by atoms with van der Waals surface area (Å²) < 4.78 is 23.3. The average molecular weight is 264 g/mol. The zero-order valence-electron chi connectivity index (χ0n) is 10.9. The first kappa shape index (κ1) is 16.9. The van der Waals surface area contributed by atoms with Crippen molar-refractivity contribution < 1.29 is 8.42 Å². The summed E-state index contributed by atoms with van der Waals surface area (Å²) in [6.07, 6.45) is 7.60. The number of rotatable bonds is 12. The number of hydrogen-bond donors (Lipinski definition) is 2. The van der Waals surface area contributed by atoms with Gasteiger partial charge in [-0.15, -0.1) is 0 Å². The van der Waals surface area contributed by atoms with Gasteiger partial charge in [-0.1, -0.05) is 25.7 Å². The van der Waals surface area contributed by atoms with Crippen LogP contribution in [0.5, 0.6) is 0 Å². The van der Waals surface area contributed by atoms with Crippen molar-refractivity contribution in [1.29, 1.82) is 0 Å². The first-order valence-electron chi connectivity index (χ1n) is 6.73. The molecule has 0 unspecified atom stereocenters. The van der Waals surface area contributed by atoms with Gasteiger partial charge in [0, 0.05) is 0 Å². The fourth-order valence-corrected chi connectivity index (χ4v) is 3.23. The highest BCUT2D eigenvalue weighted by Gasteiger charge is 2.09. The van der Waals surface area contributed by atoms with E-state index in [2.05, 4.69) is 0 Å². The Bertz CT molecular complexity index is 233. The molecule has 0 heterocycles. The Morgan fingerprint density at radius 1 is 0.588 bits per heavy atom. The molecular weight excluding hydrogens is 236 g/mol. The highest BCUT2D eigenvalue weighted by molar-refractivity contribution is 7.91. The van der Waals surface area contributed by atoms with E-state index in [1.807, 2.05) is 0 Å². The maximum Gasteiger partial charge on any atom is 0.150 e. The van der Waals surface area contributed by atoms with Crippen LogP contribution in [0, 0.1) is 0 Å². The quantitative estimate of drug-likeness (QED) is 0.522. The maximum atomic E-state index is 11.6. The predicted octanol–water partition coefficient (Wildman–Crippen LogP) is 1.44. The van der Waals surface area contributed by atoms with Crippen LogP contribution in [0.15, 0.2) is 0 Å². The maximum absolute atomic E-state index is 11.6. The summed E-state index contributed by atoms with van der Waals surface area (Å²) in [5, 5.41) is 0. The molecule has 0 aliphatic rings. The van der Waals surface area contributed by atoms with E-state index >= 15 is 0 Å². The van der Waals surface area contributed by atoms with Gasteiger partial charge in [0.2, 0.25) is 0 Å². The molecule has 0 bridgehead atoms. The van der Waals surface area contributed by atoms with Crippen LogP contribution in [0.3, 0.4) is 0 Å². The van der Waals surface area contributed by atoms with Crippen molar-refractivity contribution >= 4 is 9.84 Å². The van der Waals surface area contributed by atoms with Crippen molar-refractivity contribution in [3.05, 3.63) is 0 Å². The lowest BCUT2D eigenvalue weighted by Crippen LogP contribution is -2.11. The van der Waals surface area contributed by atoms with Gasteiger partial charge in [-0.25, -0.2) is 8.42 Å². The van der Waals surface area contributed by atoms with Crippen molar-refractivity contribution in [2.75, 3.05) is 24.6 Å². The number of nitrogens with two attached hydrogens (primary N) is 2. The highest BCUT2D eigenvalue weighted by atomic mass is 32.2. The van der Waals surface area contributed by atoms with Crippen LogP contribution < -0.4 is 11.5 Å². The Labute approximate surface area is 106 Å². The van der Waals surface area contributed by atoms with E-state index in [9.17, 15) is 8.42 Å². The largest absolute Gasteiger partial charge is 0.330 e. The summed E-state index contributed by atoms with van der Waals surface area (Å²) >= 11 is 0. The van der Waals surface area contributed by atoms with Gasteiger partial charge in [-0.2, -0.15) is 0 Å². The van der Waals surface area contributed by atoms with Gasteiger partial charge in [0.1, 0.15) is 9.84 Å². The summed E-state index contributed by atoms with van der Waals surface area (Å²) in [6.45, 7) is 1.40. The fraction of sp³-hybridized carbons (Fsp3) is 1.00. The third-order valence-corrected chi connectivity index (χ3v) is 4.64. The predicted molar refractivity (Wildman–Crippen MR) is 73.7 cm³/mol. The second-order valence-electron chi connectivity index (χ2n) is 4.56. The minimum absolute atomic E-state index is 0.342. The highest BCUT2D eigenvalue weighted by Crippen LogP contribution is 2.06. The lowest BCUT2D eigenvalue weighted by atomic mass is 10.2. The molecule has 4 nitrogen and oxygen atoms in total. The molecule has 17 heavy (non-hydrogen) atoms. The Hall–Kier alpha value is -0.130. The third kappa shape index (κ3) is 12.1. The molecule has 0 aromatic rings. The zero-order valence-corrected chi connectivity index (χ0v) is 11.7. The molecule has 0 saturated heterocycles. The summed E-state index contributed by atoms with van der Waals surface area (Å²) in [6, 6.07) is 0. The molecule has 5 heteroatoms. The van der Waals surface area contributed by atoms with Gasteiger partial charge in [-0.3, -0.25) is 0 Å². The molecular formula is C12H28N2O2S. The molecule has 0 spiro atoms. The van der Waals surface area contributed by atoms with Crippen molar-refractivity contribution in [2.45, 2.75) is 51.4 Å². The molecule has 0 atom stereocenters. The Morgan fingerprint density at radius 3 is 1.29 bits per heavy atom. The molecule has 104 valence electrons. The smallest absolute Gasteiger partial charge is 0.150 e. The van der Waals surface area contributed by atoms with E-state index in [0.29, 0.717) is 24.6 Å². The fourth-order valence-electron chi connectivity index (χ4n) is 1.74. The topological polar surface area (TPSA) is 86.2 Å².